The van der Waals surface area contributed by atoms with Gasteiger partial charge in [0.15, 0.2) is 12.4 Å². The third-order valence-corrected chi connectivity index (χ3v) is 11.8. The summed E-state index contributed by atoms with van der Waals surface area (Å²) in [6.07, 6.45) is 41.4. The average molecular weight is 925 g/mol. The highest BCUT2D eigenvalue weighted by Crippen LogP contribution is 2.24. The Bertz CT molecular complexity index is 1410. The molecule has 370 valence electrons. The Balaban J connectivity index is 2.47. The summed E-state index contributed by atoms with van der Waals surface area (Å²) in [5.74, 6) is -2.12. The number of carbonyl (C=O) groups excluding carboxylic acids is 2. The Kier molecular flexibility index (Phi) is 37.7. The molecule has 12 nitrogen and oxygen atoms in total. The lowest BCUT2D eigenvalue weighted by Gasteiger charge is -2.40. The molecule has 1 rings (SSSR count). The lowest BCUT2D eigenvalue weighted by molar-refractivity contribution is -0.297. The summed E-state index contributed by atoms with van der Waals surface area (Å²) >= 11 is 0. The molecule has 6 atom stereocenters. The molecule has 0 bridgehead atoms. The zero-order valence-corrected chi connectivity index (χ0v) is 40.4. The molecule has 0 amide bonds. The van der Waals surface area contributed by atoms with E-state index in [0.717, 1.165) is 38.5 Å². The second kappa shape index (κ2) is 40.6. The molecule has 1 fully saturated rings. The topological polar surface area (TPSA) is 186 Å². The summed E-state index contributed by atoms with van der Waals surface area (Å²) in [6.45, 7) is 3.69. The zero-order valence-electron chi connectivity index (χ0n) is 39.6. The van der Waals surface area contributed by atoms with Gasteiger partial charge in [0.2, 0.25) is 0 Å². The normalized spacial score (nSPS) is 20.1. The van der Waals surface area contributed by atoms with Crippen LogP contribution in [0.3, 0.4) is 0 Å². The van der Waals surface area contributed by atoms with Gasteiger partial charge in [-0.2, -0.15) is 8.42 Å². The fourth-order valence-corrected chi connectivity index (χ4v) is 7.91. The number of unbranched alkanes of at least 4 members (excludes halogenated alkanes) is 19. The predicted octanol–water partition coefficient (Wildman–Crippen LogP) is 10.9. The quantitative estimate of drug-likeness (QED) is 0.0197. The monoisotopic (exact) mass is 925 g/mol. The van der Waals surface area contributed by atoms with Crippen LogP contribution in [0.2, 0.25) is 0 Å². The molecule has 1 aliphatic heterocycles. The van der Waals surface area contributed by atoms with Crippen molar-refractivity contribution in [1.82, 2.24) is 0 Å². The molecule has 0 spiro atoms. The first kappa shape index (κ1) is 59.4. The highest BCUT2D eigenvalue weighted by molar-refractivity contribution is 7.85. The Morgan fingerprint density at radius 1 is 0.531 bits per heavy atom. The molecule has 64 heavy (non-hydrogen) atoms. The van der Waals surface area contributed by atoms with Crippen LogP contribution in [0.5, 0.6) is 0 Å². The lowest BCUT2D eigenvalue weighted by Crippen LogP contribution is -2.60. The number of rotatable bonds is 41. The maximum atomic E-state index is 12.8. The summed E-state index contributed by atoms with van der Waals surface area (Å²) in [6, 6.07) is 0. The molecule has 1 aliphatic rings. The summed E-state index contributed by atoms with van der Waals surface area (Å²) in [5.41, 5.74) is 0. The molecule has 2 unspecified atom stereocenters. The van der Waals surface area contributed by atoms with Gasteiger partial charge in [-0.05, 0) is 64.2 Å². The predicted molar refractivity (Wildman–Crippen MR) is 256 cm³/mol. The molecule has 1 saturated heterocycles. The number of aliphatic hydroxyl groups excluding tert-OH is 3. The van der Waals surface area contributed by atoms with E-state index < -0.39 is 71.2 Å². The van der Waals surface area contributed by atoms with Gasteiger partial charge in [0, 0.05) is 12.8 Å². The van der Waals surface area contributed by atoms with Gasteiger partial charge in [-0.3, -0.25) is 14.1 Å². The standard InChI is InChI=1S/C51H88O12S/c1-3-5-7-9-11-13-15-17-19-20-21-22-23-24-26-28-30-32-34-36-38-40-47(53)62-44(42-61-51-50(56)49(55)48(54)45(63-51)43-64(57,58)59)41-60-46(52)39-37-35-33-31-29-27-25-18-16-14-12-10-8-6-4-2/h19-20,22-23,26,28,32-35,44-45,48-51,54-56H,3-18,21,24-25,27,29-31,36-43H2,1-2H3,(H,57,58,59)/b20-19+,23-22+,28-26+,34-32+,35-33+/t44-,45-,48-,49?,50?,51+/m1/s1. The van der Waals surface area contributed by atoms with Crippen LogP contribution in [0.15, 0.2) is 60.8 Å². The zero-order chi connectivity index (χ0) is 46.9. The number of hydrogen-bond acceptors (Lipinski definition) is 11. The second-order valence-corrected chi connectivity index (χ2v) is 18.6. The number of hydrogen-bond donors (Lipinski definition) is 4. The van der Waals surface area contributed by atoms with Crippen LogP contribution in [0.1, 0.15) is 194 Å². The highest BCUT2D eigenvalue weighted by Gasteiger charge is 2.46. The highest BCUT2D eigenvalue weighted by atomic mass is 32.2. The van der Waals surface area contributed by atoms with Crippen LogP contribution in [-0.4, -0.2) is 96.0 Å². The molecule has 4 N–H and O–H groups in total. The van der Waals surface area contributed by atoms with Crippen molar-refractivity contribution in [2.75, 3.05) is 19.0 Å². The van der Waals surface area contributed by atoms with Crippen LogP contribution in [-0.2, 0) is 38.7 Å². The molecule has 0 aromatic carbocycles. The fourth-order valence-electron chi connectivity index (χ4n) is 7.22. The second-order valence-electron chi connectivity index (χ2n) is 17.1. The van der Waals surface area contributed by atoms with E-state index in [4.69, 9.17) is 18.9 Å². The van der Waals surface area contributed by atoms with Crippen LogP contribution >= 0.6 is 0 Å². The van der Waals surface area contributed by atoms with Crippen molar-refractivity contribution in [2.45, 2.75) is 230 Å². The molecule has 0 saturated carbocycles. The van der Waals surface area contributed by atoms with Gasteiger partial charge in [0.1, 0.15) is 36.8 Å². The summed E-state index contributed by atoms with van der Waals surface area (Å²) in [4.78, 5) is 25.4. The third-order valence-electron chi connectivity index (χ3n) is 11.1. The summed E-state index contributed by atoms with van der Waals surface area (Å²) < 4.78 is 54.0. The third kappa shape index (κ3) is 34.7. The molecule has 13 heteroatoms. The largest absolute Gasteiger partial charge is 0.462 e. The van der Waals surface area contributed by atoms with Gasteiger partial charge in [-0.25, -0.2) is 0 Å². The van der Waals surface area contributed by atoms with Crippen molar-refractivity contribution in [3.05, 3.63) is 60.8 Å². The van der Waals surface area contributed by atoms with Crippen molar-refractivity contribution >= 4 is 22.1 Å². The van der Waals surface area contributed by atoms with Crippen LogP contribution in [0.4, 0.5) is 0 Å². The smallest absolute Gasteiger partial charge is 0.306 e. The van der Waals surface area contributed by atoms with Crippen molar-refractivity contribution in [3.8, 4) is 0 Å². The molecule has 0 radical (unpaired) electrons. The molecule has 0 aromatic heterocycles. The molecule has 1 heterocycles. The number of allylic oxidation sites excluding steroid dienone is 10. The van der Waals surface area contributed by atoms with Gasteiger partial charge in [-0.15, -0.1) is 0 Å². The van der Waals surface area contributed by atoms with Gasteiger partial charge in [-0.1, -0.05) is 177 Å². The van der Waals surface area contributed by atoms with Crippen LogP contribution in [0, 0.1) is 0 Å². The molecule has 0 aromatic rings. The van der Waals surface area contributed by atoms with Crippen LogP contribution < -0.4 is 0 Å². The van der Waals surface area contributed by atoms with E-state index in [1.807, 2.05) is 18.2 Å². The first-order valence-electron chi connectivity index (χ1n) is 24.8. The van der Waals surface area contributed by atoms with Gasteiger partial charge < -0.3 is 34.3 Å². The van der Waals surface area contributed by atoms with E-state index in [9.17, 15) is 37.9 Å². The lowest BCUT2D eigenvalue weighted by atomic mass is 10.00. The maximum Gasteiger partial charge on any atom is 0.306 e. The van der Waals surface area contributed by atoms with E-state index in [2.05, 4.69) is 56.4 Å². The number of esters is 2. The first-order chi connectivity index (χ1) is 31.0. The number of aliphatic hydroxyl groups is 3. The van der Waals surface area contributed by atoms with E-state index >= 15 is 0 Å². The summed E-state index contributed by atoms with van der Waals surface area (Å²) in [5, 5.41) is 30.9. The van der Waals surface area contributed by atoms with Crippen molar-refractivity contribution in [2.24, 2.45) is 0 Å². The fraction of sp³-hybridized carbons (Fsp3) is 0.765. The van der Waals surface area contributed by atoms with E-state index in [0.29, 0.717) is 19.3 Å². The average Bonchev–Trinajstić information content (AvgIpc) is 3.26. The van der Waals surface area contributed by atoms with Crippen molar-refractivity contribution in [1.29, 1.82) is 0 Å². The number of carbonyl (C=O) groups is 2. The van der Waals surface area contributed by atoms with E-state index in [1.165, 1.54) is 109 Å². The van der Waals surface area contributed by atoms with E-state index in [1.54, 1.807) is 0 Å². The Morgan fingerprint density at radius 2 is 0.969 bits per heavy atom. The van der Waals surface area contributed by atoms with Crippen molar-refractivity contribution in [3.63, 3.8) is 0 Å². The van der Waals surface area contributed by atoms with Gasteiger partial charge >= 0.3 is 11.9 Å². The maximum absolute atomic E-state index is 12.8. The number of ether oxygens (including phenoxy) is 4. The Morgan fingerprint density at radius 3 is 1.47 bits per heavy atom. The Hall–Kier alpha value is -2.65. The van der Waals surface area contributed by atoms with Gasteiger partial charge in [0.05, 0.1) is 6.61 Å². The minimum Gasteiger partial charge on any atom is -0.462 e. The molecular formula is C51H88O12S. The van der Waals surface area contributed by atoms with E-state index in [-0.39, 0.29) is 19.4 Å². The first-order valence-corrected chi connectivity index (χ1v) is 26.5. The van der Waals surface area contributed by atoms with Gasteiger partial charge in [0.25, 0.3) is 10.1 Å². The Labute approximate surface area is 387 Å². The molecule has 0 aliphatic carbocycles. The van der Waals surface area contributed by atoms with Crippen LogP contribution in [0.25, 0.3) is 0 Å². The minimum atomic E-state index is -4.62. The SMILES string of the molecule is CCCCCCCCC/C=C/C/C=C/C/C=C/C/C=C/CCCC(=O)O[C@H](COC(=O)CC/C=C/CCCCCCCCCCCCC)CO[C@H]1O[C@H](CS(=O)(=O)O)[C@@H](O)C(O)C1O. The minimum absolute atomic E-state index is 0.0801. The molecular weight excluding hydrogens is 837 g/mol. The van der Waals surface area contributed by atoms with Crippen molar-refractivity contribution < 1.29 is 56.8 Å². The summed E-state index contributed by atoms with van der Waals surface area (Å²) in [7, 11) is -4.62.